The third-order valence-corrected chi connectivity index (χ3v) is 6.89. The lowest BCUT2D eigenvalue weighted by Gasteiger charge is -2.65. The summed E-state index contributed by atoms with van der Waals surface area (Å²) in [5.41, 5.74) is 4.08. The van der Waals surface area contributed by atoms with E-state index in [4.69, 9.17) is 11.6 Å². The van der Waals surface area contributed by atoms with Gasteiger partial charge in [0.2, 0.25) is 0 Å². The molecule has 2 heteroatoms. The van der Waals surface area contributed by atoms with E-state index >= 15 is 0 Å². The van der Waals surface area contributed by atoms with Crippen LogP contribution in [0.15, 0.2) is 18.2 Å². The maximum atomic E-state index is 6.56. The van der Waals surface area contributed by atoms with Crippen molar-refractivity contribution in [3.8, 4) is 0 Å². The van der Waals surface area contributed by atoms with E-state index in [1.165, 1.54) is 44.1 Å². The Morgan fingerprint density at radius 1 is 1.09 bits per heavy atom. The first-order valence-electron chi connectivity index (χ1n) is 8.89. The fourth-order valence-electron chi connectivity index (χ4n) is 6.95. The molecule has 4 bridgehead atoms. The molecule has 1 aromatic carbocycles. The van der Waals surface area contributed by atoms with E-state index < -0.39 is 0 Å². The summed E-state index contributed by atoms with van der Waals surface area (Å²) in [5.74, 6) is 0.929. The second kappa shape index (κ2) is 4.66. The van der Waals surface area contributed by atoms with Crippen LogP contribution in [0.25, 0.3) is 0 Å². The van der Waals surface area contributed by atoms with Crippen molar-refractivity contribution in [2.45, 2.75) is 64.7 Å². The Balaban J connectivity index is 1.74. The van der Waals surface area contributed by atoms with E-state index in [9.17, 15) is 0 Å². The summed E-state index contributed by atoms with van der Waals surface area (Å²) in [6.45, 7) is 8.12. The van der Waals surface area contributed by atoms with Crippen molar-refractivity contribution < 1.29 is 0 Å². The van der Waals surface area contributed by atoms with E-state index in [0.717, 1.165) is 23.2 Å². The van der Waals surface area contributed by atoms with Crippen molar-refractivity contribution in [2.24, 2.45) is 16.7 Å². The average molecular weight is 318 g/mol. The molecular formula is C20H28ClN. The predicted octanol–water partition coefficient (Wildman–Crippen LogP) is 6.02. The third kappa shape index (κ3) is 2.19. The predicted molar refractivity (Wildman–Crippen MR) is 94.7 cm³/mol. The van der Waals surface area contributed by atoms with E-state index in [1.807, 2.05) is 0 Å². The van der Waals surface area contributed by atoms with Gasteiger partial charge in [-0.25, -0.2) is 0 Å². The van der Waals surface area contributed by atoms with E-state index in [1.54, 1.807) is 0 Å². The van der Waals surface area contributed by atoms with Crippen molar-refractivity contribution in [2.75, 3.05) is 11.9 Å². The minimum Gasteiger partial charge on any atom is -0.384 e. The zero-order valence-electron chi connectivity index (χ0n) is 14.1. The molecule has 0 heterocycles. The van der Waals surface area contributed by atoms with Crippen LogP contribution in [0.4, 0.5) is 5.69 Å². The van der Waals surface area contributed by atoms with Gasteiger partial charge in [-0.05, 0) is 85.3 Å². The Morgan fingerprint density at radius 2 is 1.77 bits per heavy atom. The van der Waals surface area contributed by atoms with Crippen molar-refractivity contribution in [3.05, 3.63) is 28.8 Å². The van der Waals surface area contributed by atoms with Crippen LogP contribution in [0.2, 0.25) is 5.02 Å². The Morgan fingerprint density at radius 3 is 2.32 bits per heavy atom. The van der Waals surface area contributed by atoms with Crippen LogP contribution in [-0.2, 0) is 5.41 Å². The van der Waals surface area contributed by atoms with E-state index in [-0.39, 0.29) is 0 Å². The van der Waals surface area contributed by atoms with Crippen LogP contribution in [0.5, 0.6) is 0 Å². The Kier molecular flexibility index (Phi) is 3.15. The fraction of sp³-hybridized carbons (Fsp3) is 0.700. The molecular weight excluding hydrogens is 290 g/mol. The standard InChI is InChI=1S/C20H28ClN/c1-4-22-17-6-5-15(7-16(17)21)20-10-14-8-18(2,12-20)11-19(3,9-14)13-20/h5-7,14,22H,4,8-13H2,1-3H3. The van der Waals surface area contributed by atoms with Gasteiger partial charge < -0.3 is 5.32 Å². The molecule has 1 N–H and O–H groups in total. The Labute approximate surface area is 139 Å². The average Bonchev–Trinajstić information content (AvgIpc) is 2.37. The van der Waals surface area contributed by atoms with Crippen LogP contribution >= 0.6 is 11.6 Å². The Bertz CT molecular complexity index is 590. The monoisotopic (exact) mass is 317 g/mol. The number of rotatable bonds is 3. The maximum Gasteiger partial charge on any atom is 0.0640 e. The SMILES string of the molecule is CCNc1ccc(C23CC4CC(C)(CC(C)(C4)C2)C3)cc1Cl. The van der Waals surface area contributed by atoms with Gasteiger partial charge in [0.15, 0.2) is 0 Å². The smallest absolute Gasteiger partial charge is 0.0640 e. The molecule has 0 spiro atoms. The van der Waals surface area contributed by atoms with Gasteiger partial charge in [-0.2, -0.15) is 0 Å². The molecule has 0 aromatic heterocycles. The molecule has 120 valence electrons. The summed E-state index contributed by atoms with van der Waals surface area (Å²) in [7, 11) is 0. The van der Waals surface area contributed by atoms with Crippen LogP contribution in [-0.4, -0.2) is 6.54 Å². The van der Waals surface area contributed by atoms with Crippen molar-refractivity contribution in [1.29, 1.82) is 0 Å². The molecule has 2 atom stereocenters. The number of nitrogens with one attached hydrogen (secondary N) is 1. The van der Waals surface area contributed by atoms with Crippen LogP contribution in [0.1, 0.15) is 64.9 Å². The highest BCUT2D eigenvalue weighted by Crippen LogP contribution is 2.69. The van der Waals surface area contributed by atoms with Gasteiger partial charge in [0, 0.05) is 6.54 Å². The summed E-state index contributed by atoms with van der Waals surface area (Å²) in [6, 6.07) is 6.81. The van der Waals surface area contributed by atoms with Gasteiger partial charge >= 0.3 is 0 Å². The summed E-state index contributed by atoms with van der Waals surface area (Å²) in [4.78, 5) is 0. The maximum absolute atomic E-state index is 6.56. The number of halogens is 1. The Hall–Kier alpha value is -0.690. The lowest BCUT2D eigenvalue weighted by atomic mass is 9.39. The zero-order valence-corrected chi connectivity index (χ0v) is 14.9. The molecule has 4 aliphatic carbocycles. The van der Waals surface area contributed by atoms with Gasteiger partial charge in [-0.15, -0.1) is 0 Å². The van der Waals surface area contributed by atoms with Crippen LogP contribution < -0.4 is 5.32 Å². The molecule has 2 unspecified atom stereocenters. The zero-order chi connectivity index (χ0) is 15.6. The van der Waals surface area contributed by atoms with Crippen LogP contribution in [0.3, 0.4) is 0 Å². The molecule has 4 aliphatic rings. The highest BCUT2D eigenvalue weighted by molar-refractivity contribution is 6.33. The third-order valence-electron chi connectivity index (χ3n) is 6.57. The minimum absolute atomic E-state index is 0.386. The summed E-state index contributed by atoms with van der Waals surface area (Å²) in [5, 5.41) is 4.25. The van der Waals surface area contributed by atoms with Gasteiger partial charge in [0.1, 0.15) is 0 Å². The first-order valence-corrected chi connectivity index (χ1v) is 9.27. The first kappa shape index (κ1) is 14.9. The molecule has 0 radical (unpaired) electrons. The quantitative estimate of drug-likeness (QED) is 0.718. The van der Waals surface area contributed by atoms with Gasteiger partial charge in [-0.1, -0.05) is 31.5 Å². The molecule has 1 nitrogen and oxygen atoms in total. The molecule has 0 saturated heterocycles. The minimum atomic E-state index is 0.386. The van der Waals surface area contributed by atoms with Gasteiger partial charge in [0.05, 0.1) is 10.7 Å². The highest BCUT2D eigenvalue weighted by atomic mass is 35.5. The fourth-order valence-corrected chi connectivity index (χ4v) is 7.20. The van der Waals surface area contributed by atoms with Crippen molar-refractivity contribution >= 4 is 17.3 Å². The molecule has 22 heavy (non-hydrogen) atoms. The largest absolute Gasteiger partial charge is 0.384 e. The van der Waals surface area contributed by atoms with Crippen molar-refractivity contribution in [1.82, 2.24) is 0 Å². The topological polar surface area (TPSA) is 12.0 Å². The normalized spacial score (nSPS) is 42.6. The highest BCUT2D eigenvalue weighted by Gasteiger charge is 2.60. The summed E-state index contributed by atoms with van der Waals surface area (Å²) >= 11 is 6.56. The summed E-state index contributed by atoms with van der Waals surface area (Å²) in [6.07, 6.45) is 8.45. The lowest BCUT2D eigenvalue weighted by molar-refractivity contribution is -0.109. The lowest BCUT2D eigenvalue weighted by Crippen LogP contribution is -2.56. The van der Waals surface area contributed by atoms with E-state index in [2.05, 4.69) is 44.3 Å². The molecule has 1 aromatic rings. The number of hydrogen-bond acceptors (Lipinski definition) is 1. The number of hydrogen-bond donors (Lipinski definition) is 1. The number of anilines is 1. The van der Waals surface area contributed by atoms with Crippen molar-refractivity contribution in [3.63, 3.8) is 0 Å². The number of benzene rings is 1. The molecule has 0 aliphatic heterocycles. The molecule has 4 fully saturated rings. The van der Waals surface area contributed by atoms with Gasteiger partial charge in [0.25, 0.3) is 0 Å². The van der Waals surface area contributed by atoms with Gasteiger partial charge in [-0.3, -0.25) is 0 Å². The molecule has 4 saturated carbocycles. The second-order valence-electron chi connectivity index (χ2n) is 9.14. The first-order chi connectivity index (χ1) is 10.4. The second-order valence-corrected chi connectivity index (χ2v) is 9.54. The summed E-state index contributed by atoms with van der Waals surface area (Å²) < 4.78 is 0. The van der Waals surface area contributed by atoms with Crippen LogP contribution in [0, 0.1) is 16.7 Å². The van der Waals surface area contributed by atoms with E-state index in [0.29, 0.717) is 16.2 Å². The molecule has 0 amide bonds. The molecule has 5 rings (SSSR count).